The predicted octanol–water partition coefficient (Wildman–Crippen LogP) is 2.66. The molecule has 0 aliphatic carbocycles. The number of ether oxygens (including phenoxy) is 1. The average molecular weight is 215 g/mol. The van der Waals surface area contributed by atoms with E-state index in [4.69, 9.17) is 16.3 Å². The van der Waals surface area contributed by atoms with Gasteiger partial charge in [0.1, 0.15) is 5.75 Å². The molecular formula is C11H15ClO2. The molecule has 78 valence electrons. The summed E-state index contributed by atoms with van der Waals surface area (Å²) in [5.41, 5.74) is 0.953. The fourth-order valence-electron chi connectivity index (χ4n) is 1.30. The van der Waals surface area contributed by atoms with Crippen molar-refractivity contribution in [2.45, 2.75) is 25.9 Å². The molecule has 3 heteroatoms. The molecule has 0 aromatic heterocycles. The second-order valence-corrected chi connectivity index (χ2v) is 3.66. The maximum absolute atomic E-state index is 9.52. The second-order valence-electron chi connectivity index (χ2n) is 3.22. The number of methoxy groups -OCH3 is 1. The van der Waals surface area contributed by atoms with Gasteiger partial charge >= 0.3 is 0 Å². The quantitative estimate of drug-likeness (QED) is 0.835. The normalized spacial score (nSPS) is 12.6. The Balaban J connectivity index is 2.87. The number of halogens is 1. The summed E-state index contributed by atoms with van der Waals surface area (Å²) < 4.78 is 5.18. The molecule has 1 N–H and O–H groups in total. The van der Waals surface area contributed by atoms with Gasteiger partial charge in [-0.1, -0.05) is 18.5 Å². The van der Waals surface area contributed by atoms with Gasteiger partial charge in [0.05, 0.1) is 13.2 Å². The SMILES string of the molecule is CCC(O)Cc1cc(Cl)ccc1OC. The molecule has 0 bridgehead atoms. The minimum atomic E-state index is -0.331. The van der Waals surface area contributed by atoms with Crippen molar-refractivity contribution >= 4 is 11.6 Å². The van der Waals surface area contributed by atoms with E-state index in [1.54, 1.807) is 13.2 Å². The molecule has 1 atom stereocenters. The van der Waals surface area contributed by atoms with Gasteiger partial charge in [-0.2, -0.15) is 0 Å². The molecule has 0 spiro atoms. The molecule has 0 heterocycles. The molecule has 0 amide bonds. The van der Waals surface area contributed by atoms with Crippen molar-refractivity contribution in [1.82, 2.24) is 0 Å². The van der Waals surface area contributed by atoms with Crippen molar-refractivity contribution in [3.63, 3.8) is 0 Å². The number of hydrogen-bond donors (Lipinski definition) is 1. The smallest absolute Gasteiger partial charge is 0.122 e. The van der Waals surface area contributed by atoms with E-state index in [1.807, 2.05) is 19.1 Å². The lowest BCUT2D eigenvalue weighted by Crippen LogP contribution is -2.09. The molecular weight excluding hydrogens is 200 g/mol. The average Bonchev–Trinajstić information content (AvgIpc) is 2.18. The predicted molar refractivity (Wildman–Crippen MR) is 58.0 cm³/mol. The van der Waals surface area contributed by atoms with Crippen LogP contribution in [0.5, 0.6) is 5.75 Å². The van der Waals surface area contributed by atoms with Crippen LogP contribution in [0.1, 0.15) is 18.9 Å². The minimum Gasteiger partial charge on any atom is -0.496 e. The van der Waals surface area contributed by atoms with Gasteiger partial charge in [-0.3, -0.25) is 0 Å². The van der Waals surface area contributed by atoms with Gasteiger partial charge in [-0.05, 0) is 30.2 Å². The van der Waals surface area contributed by atoms with E-state index in [2.05, 4.69) is 0 Å². The van der Waals surface area contributed by atoms with Crippen LogP contribution in [0.25, 0.3) is 0 Å². The monoisotopic (exact) mass is 214 g/mol. The Morgan fingerprint density at radius 1 is 1.50 bits per heavy atom. The highest BCUT2D eigenvalue weighted by Gasteiger charge is 2.08. The molecule has 1 aromatic rings. The van der Waals surface area contributed by atoms with Crippen molar-refractivity contribution in [2.24, 2.45) is 0 Å². The lowest BCUT2D eigenvalue weighted by Gasteiger charge is -2.11. The van der Waals surface area contributed by atoms with Crippen molar-refractivity contribution in [3.05, 3.63) is 28.8 Å². The van der Waals surface area contributed by atoms with E-state index in [0.717, 1.165) is 17.7 Å². The van der Waals surface area contributed by atoms with E-state index in [9.17, 15) is 5.11 Å². The third-order valence-corrected chi connectivity index (χ3v) is 2.40. The third-order valence-electron chi connectivity index (χ3n) is 2.17. The summed E-state index contributed by atoms with van der Waals surface area (Å²) in [5, 5.41) is 10.2. The number of hydrogen-bond acceptors (Lipinski definition) is 2. The van der Waals surface area contributed by atoms with E-state index in [1.165, 1.54) is 0 Å². The summed E-state index contributed by atoms with van der Waals surface area (Å²) >= 11 is 5.86. The number of rotatable bonds is 4. The van der Waals surface area contributed by atoms with Gasteiger partial charge in [-0.15, -0.1) is 0 Å². The summed E-state index contributed by atoms with van der Waals surface area (Å²) in [4.78, 5) is 0. The first-order chi connectivity index (χ1) is 6.67. The Morgan fingerprint density at radius 3 is 2.79 bits per heavy atom. The Bertz CT molecular complexity index is 299. The number of aliphatic hydroxyl groups excluding tert-OH is 1. The zero-order valence-corrected chi connectivity index (χ0v) is 9.21. The highest BCUT2D eigenvalue weighted by molar-refractivity contribution is 6.30. The van der Waals surface area contributed by atoms with Gasteiger partial charge in [0, 0.05) is 11.4 Å². The van der Waals surface area contributed by atoms with Crippen LogP contribution < -0.4 is 4.74 Å². The van der Waals surface area contributed by atoms with Crippen LogP contribution in [0.4, 0.5) is 0 Å². The first-order valence-corrected chi connectivity index (χ1v) is 5.05. The fraction of sp³-hybridized carbons (Fsp3) is 0.455. The Kier molecular flexibility index (Phi) is 4.23. The molecule has 1 aromatic carbocycles. The topological polar surface area (TPSA) is 29.5 Å². The maximum Gasteiger partial charge on any atom is 0.122 e. The lowest BCUT2D eigenvalue weighted by atomic mass is 10.1. The largest absolute Gasteiger partial charge is 0.496 e. The fourth-order valence-corrected chi connectivity index (χ4v) is 1.50. The van der Waals surface area contributed by atoms with Crippen molar-refractivity contribution < 1.29 is 9.84 Å². The van der Waals surface area contributed by atoms with Gasteiger partial charge in [0.2, 0.25) is 0 Å². The minimum absolute atomic E-state index is 0.331. The van der Waals surface area contributed by atoms with E-state index in [-0.39, 0.29) is 6.10 Å². The molecule has 0 aliphatic heterocycles. The van der Waals surface area contributed by atoms with Gasteiger partial charge < -0.3 is 9.84 Å². The Morgan fingerprint density at radius 2 is 2.21 bits per heavy atom. The molecule has 14 heavy (non-hydrogen) atoms. The zero-order chi connectivity index (χ0) is 10.6. The molecule has 0 aliphatic rings. The van der Waals surface area contributed by atoms with E-state index < -0.39 is 0 Å². The summed E-state index contributed by atoms with van der Waals surface area (Å²) in [7, 11) is 1.62. The first kappa shape index (κ1) is 11.3. The molecule has 2 nitrogen and oxygen atoms in total. The van der Waals surface area contributed by atoms with E-state index >= 15 is 0 Å². The van der Waals surface area contributed by atoms with Crippen LogP contribution in [0.2, 0.25) is 5.02 Å². The van der Waals surface area contributed by atoms with Crippen LogP contribution in [0, 0.1) is 0 Å². The second kappa shape index (κ2) is 5.23. The lowest BCUT2D eigenvalue weighted by molar-refractivity contribution is 0.169. The van der Waals surface area contributed by atoms with Crippen LogP contribution in [-0.2, 0) is 6.42 Å². The highest BCUT2D eigenvalue weighted by Crippen LogP contribution is 2.24. The third kappa shape index (κ3) is 2.89. The van der Waals surface area contributed by atoms with Crippen LogP contribution in [0.3, 0.4) is 0 Å². The summed E-state index contributed by atoms with van der Waals surface area (Å²) in [6, 6.07) is 5.43. The molecule has 1 rings (SSSR count). The van der Waals surface area contributed by atoms with Crippen molar-refractivity contribution in [1.29, 1.82) is 0 Å². The van der Waals surface area contributed by atoms with Crippen molar-refractivity contribution in [3.8, 4) is 5.75 Å². The summed E-state index contributed by atoms with van der Waals surface area (Å²) in [6.07, 6.45) is 0.984. The first-order valence-electron chi connectivity index (χ1n) is 4.67. The highest BCUT2D eigenvalue weighted by atomic mass is 35.5. The van der Waals surface area contributed by atoms with Crippen molar-refractivity contribution in [2.75, 3.05) is 7.11 Å². The molecule has 1 unspecified atom stereocenters. The number of benzene rings is 1. The Labute approximate surface area is 89.5 Å². The van der Waals surface area contributed by atoms with Gasteiger partial charge in [-0.25, -0.2) is 0 Å². The summed E-state index contributed by atoms with van der Waals surface area (Å²) in [5.74, 6) is 0.780. The summed E-state index contributed by atoms with van der Waals surface area (Å²) in [6.45, 7) is 1.95. The van der Waals surface area contributed by atoms with Crippen LogP contribution in [0.15, 0.2) is 18.2 Å². The van der Waals surface area contributed by atoms with Gasteiger partial charge in [0.15, 0.2) is 0 Å². The van der Waals surface area contributed by atoms with Crippen LogP contribution in [-0.4, -0.2) is 18.3 Å². The van der Waals surface area contributed by atoms with Gasteiger partial charge in [0.25, 0.3) is 0 Å². The number of aliphatic hydroxyl groups is 1. The van der Waals surface area contributed by atoms with E-state index in [0.29, 0.717) is 11.4 Å². The molecule has 0 radical (unpaired) electrons. The van der Waals surface area contributed by atoms with Crippen LogP contribution >= 0.6 is 11.6 Å². The Hall–Kier alpha value is -0.730. The zero-order valence-electron chi connectivity index (χ0n) is 8.46. The molecule has 0 saturated heterocycles. The molecule has 0 saturated carbocycles. The maximum atomic E-state index is 9.52. The molecule has 0 fully saturated rings. The standard InChI is InChI=1S/C11H15ClO2/c1-3-10(13)7-8-6-9(12)4-5-11(8)14-2/h4-6,10,13H,3,7H2,1-2H3.